The van der Waals surface area contributed by atoms with Gasteiger partial charge in [0.05, 0.1) is 12.3 Å². The van der Waals surface area contributed by atoms with Gasteiger partial charge in [0.25, 0.3) is 0 Å². The van der Waals surface area contributed by atoms with E-state index >= 15 is 0 Å². The fourth-order valence-corrected chi connectivity index (χ4v) is 1.34. The van der Waals surface area contributed by atoms with E-state index in [1.165, 1.54) is 6.07 Å². The van der Waals surface area contributed by atoms with Crippen LogP contribution in [-0.4, -0.2) is 18.6 Å². The zero-order valence-corrected chi connectivity index (χ0v) is 10.00. The molecule has 0 bridgehead atoms. The maximum Gasteiger partial charge on any atom is 0.332 e. The van der Waals surface area contributed by atoms with Crippen molar-refractivity contribution in [1.82, 2.24) is 0 Å². The van der Waals surface area contributed by atoms with Gasteiger partial charge < -0.3 is 10.1 Å². The van der Waals surface area contributed by atoms with Crippen LogP contribution in [0, 0.1) is 5.82 Å². The maximum atomic E-state index is 13.4. The Kier molecular flexibility index (Phi) is 4.69. The fourth-order valence-electron chi connectivity index (χ4n) is 1.34. The molecule has 0 fully saturated rings. The Hall–Kier alpha value is -1.84. The highest BCUT2D eigenvalue weighted by molar-refractivity contribution is 5.82. The number of para-hydroxylation sites is 1. The summed E-state index contributed by atoms with van der Waals surface area (Å²) in [7, 11) is 0. The molecule has 0 radical (unpaired) electrons. The smallest absolute Gasteiger partial charge is 0.332 e. The quantitative estimate of drug-likeness (QED) is 0.632. The highest BCUT2D eigenvalue weighted by Crippen LogP contribution is 2.16. The summed E-state index contributed by atoms with van der Waals surface area (Å²) in [5.41, 5.74) is 0.834. The minimum absolute atomic E-state index is 0.258. The third kappa shape index (κ3) is 3.59. The van der Waals surface area contributed by atoms with Gasteiger partial charge in [0.1, 0.15) is 11.9 Å². The van der Waals surface area contributed by atoms with E-state index in [0.29, 0.717) is 5.57 Å². The van der Waals surface area contributed by atoms with Crippen molar-refractivity contribution in [1.29, 1.82) is 0 Å². The number of carbonyl (C=O) groups is 1. The van der Waals surface area contributed by atoms with Crippen molar-refractivity contribution in [2.75, 3.05) is 11.9 Å². The Morgan fingerprint density at radius 2 is 2.18 bits per heavy atom. The number of nitrogens with one attached hydrogen (secondary N) is 1. The molecule has 0 spiro atoms. The van der Waals surface area contributed by atoms with E-state index in [2.05, 4.69) is 11.9 Å². The van der Waals surface area contributed by atoms with Gasteiger partial charge in [0.15, 0.2) is 0 Å². The van der Waals surface area contributed by atoms with Gasteiger partial charge >= 0.3 is 5.97 Å². The summed E-state index contributed by atoms with van der Waals surface area (Å²) in [6.45, 7) is 7.39. The molecule has 1 aromatic rings. The first-order valence-corrected chi connectivity index (χ1v) is 5.39. The van der Waals surface area contributed by atoms with Crippen molar-refractivity contribution in [3.8, 4) is 0 Å². The maximum absolute atomic E-state index is 13.4. The van der Waals surface area contributed by atoms with Crippen molar-refractivity contribution in [2.24, 2.45) is 0 Å². The van der Waals surface area contributed by atoms with Crippen molar-refractivity contribution in [2.45, 2.75) is 19.9 Å². The number of hydrogen-bond donors (Lipinski definition) is 1. The summed E-state index contributed by atoms with van der Waals surface area (Å²) in [5.74, 6) is -0.869. The summed E-state index contributed by atoms with van der Waals surface area (Å²) in [5, 5.41) is 2.78. The average Bonchev–Trinajstić information content (AvgIpc) is 2.27. The van der Waals surface area contributed by atoms with Crippen molar-refractivity contribution in [3.63, 3.8) is 0 Å². The Morgan fingerprint density at radius 1 is 1.53 bits per heavy atom. The van der Waals surface area contributed by atoms with Crippen molar-refractivity contribution >= 4 is 11.7 Å². The van der Waals surface area contributed by atoms with Gasteiger partial charge in [-0.05, 0) is 31.6 Å². The molecule has 0 aliphatic rings. The van der Waals surface area contributed by atoms with Crippen molar-refractivity contribution < 1.29 is 13.9 Å². The van der Waals surface area contributed by atoms with Crippen LogP contribution in [0.25, 0.3) is 0 Å². The minimum Gasteiger partial charge on any atom is -0.464 e. The first kappa shape index (κ1) is 13.2. The topological polar surface area (TPSA) is 38.3 Å². The molecule has 3 nitrogen and oxygen atoms in total. The van der Waals surface area contributed by atoms with E-state index < -0.39 is 17.8 Å². The molecule has 92 valence electrons. The summed E-state index contributed by atoms with van der Waals surface area (Å²) < 4.78 is 18.3. The van der Waals surface area contributed by atoms with Gasteiger partial charge in [-0.25, -0.2) is 9.18 Å². The SMILES string of the molecule is C=C(C)C(Nc1ccccc1F)C(=O)OCC. The zero-order valence-electron chi connectivity index (χ0n) is 10.00. The summed E-state index contributed by atoms with van der Waals surface area (Å²) in [6, 6.07) is 5.42. The van der Waals surface area contributed by atoms with E-state index in [9.17, 15) is 9.18 Å². The molecule has 1 rings (SSSR count). The molecule has 0 aromatic heterocycles. The Balaban J connectivity index is 2.84. The van der Waals surface area contributed by atoms with Gasteiger partial charge in [-0.15, -0.1) is 0 Å². The first-order valence-electron chi connectivity index (χ1n) is 5.39. The fraction of sp³-hybridized carbons (Fsp3) is 0.308. The van der Waals surface area contributed by atoms with Crippen molar-refractivity contribution in [3.05, 3.63) is 42.2 Å². The normalized spacial score (nSPS) is 11.7. The largest absolute Gasteiger partial charge is 0.464 e. The Morgan fingerprint density at radius 3 is 2.71 bits per heavy atom. The highest BCUT2D eigenvalue weighted by atomic mass is 19.1. The Labute approximate surface area is 100 Å². The number of benzene rings is 1. The van der Waals surface area contributed by atoms with Crippen LogP contribution in [-0.2, 0) is 9.53 Å². The third-order valence-corrected chi connectivity index (χ3v) is 2.19. The third-order valence-electron chi connectivity index (χ3n) is 2.19. The zero-order chi connectivity index (χ0) is 12.8. The summed E-state index contributed by atoms with van der Waals surface area (Å²) >= 11 is 0. The monoisotopic (exact) mass is 237 g/mol. The molecule has 1 atom stereocenters. The van der Waals surface area contributed by atoms with Crippen LogP contribution in [0.1, 0.15) is 13.8 Å². The van der Waals surface area contributed by atoms with Gasteiger partial charge in [-0.1, -0.05) is 18.7 Å². The predicted molar refractivity (Wildman–Crippen MR) is 65.3 cm³/mol. The molecular weight excluding hydrogens is 221 g/mol. The first-order chi connectivity index (χ1) is 8.06. The molecule has 1 unspecified atom stereocenters. The minimum atomic E-state index is -0.730. The Bertz CT molecular complexity index is 418. The highest BCUT2D eigenvalue weighted by Gasteiger charge is 2.21. The second-order valence-corrected chi connectivity index (χ2v) is 3.66. The number of rotatable bonds is 5. The number of ether oxygens (including phenoxy) is 1. The molecule has 1 aromatic carbocycles. The predicted octanol–water partition coefficient (Wildman–Crippen LogP) is 2.75. The lowest BCUT2D eigenvalue weighted by atomic mass is 10.1. The number of anilines is 1. The molecule has 0 aliphatic heterocycles. The standard InChI is InChI=1S/C13H16FNO2/c1-4-17-13(16)12(9(2)3)15-11-8-6-5-7-10(11)14/h5-8,12,15H,2,4H2,1,3H3. The van der Waals surface area contributed by atoms with Gasteiger partial charge in [-0.2, -0.15) is 0 Å². The molecule has 4 heteroatoms. The molecule has 0 saturated carbocycles. The lowest BCUT2D eigenvalue weighted by molar-refractivity contribution is -0.143. The molecule has 0 amide bonds. The van der Waals surface area contributed by atoms with Crippen LogP contribution in [0.3, 0.4) is 0 Å². The van der Waals surface area contributed by atoms with E-state index in [1.807, 2.05) is 0 Å². The van der Waals surface area contributed by atoms with Crippen LogP contribution >= 0.6 is 0 Å². The summed E-state index contributed by atoms with van der Waals surface area (Å²) in [4.78, 5) is 11.6. The molecule has 0 saturated heterocycles. The molecule has 1 N–H and O–H groups in total. The van der Waals surface area contributed by atoms with E-state index in [1.54, 1.807) is 32.0 Å². The van der Waals surface area contributed by atoms with Crippen LogP contribution in [0.2, 0.25) is 0 Å². The van der Waals surface area contributed by atoms with Crippen LogP contribution in [0.4, 0.5) is 10.1 Å². The van der Waals surface area contributed by atoms with E-state index in [-0.39, 0.29) is 12.3 Å². The van der Waals surface area contributed by atoms with Crippen LogP contribution < -0.4 is 5.32 Å². The molecule has 0 aliphatic carbocycles. The molecule has 17 heavy (non-hydrogen) atoms. The van der Waals surface area contributed by atoms with Gasteiger partial charge in [-0.3, -0.25) is 0 Å². The lowest BCUT2D eigenvalue weighted by Gasteiger charge is -2.18. The second-order valence-electron chi connectivity index (χ2n) is 3.66. The molecular formula is C13H16FNO2. The summed E-state index contributed by atoms with van der Waals surface area (Å²) in [6.07, 6.45) is 0. The van der Waals surface area contributed by atoms with Crippen LogP contribution in [0.5, 0.6) is 0 Å². The lowest BCUT2D eigenvalue weighted by Crippen LogP contribution is -2.32. The number of halogens is 1. The second kappa shape index (κ2) is 6.03. The number of hydrogen-bond acceptors (Lipinski definition) is 3. The molecule has 0 heterocycles. The van der Waals surface area contributed by atoms with E-state index in [0.717, 1.165) is 0 Å². The average molecular weight is 237 g/mol. The van der Waals surface area contributed by atoms with Gasteiger partial charge in [0.2, 0.25) is 0 Å². The number of carbonyl (C=O) groups excluding carboxylic acids is 1. The van der Waals surface area contributed by atoms with Crippen LogP contribution in [0.15, 0.2) is 36.4 Å². The van der Waals surface area contributed by atoms with E-state index in [4.69, 9.17) is 4.74 Å². The number of esters is 1. The van der Waals surface area contributed by atoms with Gasteiger partial charge in [0, 0.05) is 0 Å².